The van der Waals surface area contributed by atoms with Gasteiger partial charge in [0, 0.05) is 30.4 Å². The third-order valence-electron chi connectivity index (χ3n) is 7.28. The fraction of sp³-hybridized carbons (Fsp3) is 0.682. The van der Waals surface area contributed by atoms with Gasteiger partial charge in [0.1, 0.15) is 12.3 Å². The number of nitrogens with zero attached hydrogens (tertiary/aromatic N) is 4. The van der Waals surface area contributed by atoms with Gasteiger partial charge >= 0.3 is 12.2 Å². The number of rotatable bonds is 6. The van der Waals surface area contributed by atoms with Crippen molar-refractivity contribution in [3.05, 3.63) is 29.7 Å². The molecule has 1 aliphatic heterocycles. The first kappa shape index (κ1) is 24.2. The molecule has 8 nitrogen and oxygen atoms in total. The van der Waals surface area contributed by atoms with Gasteiger partial charge in [0.05, 0.1) is 30.2 Å². The second-order valence-electron chi connectivity index (χ2n) is 10.1. The van der Waals surface area contributed by atoms with Crippen molar-refractivity contribution in [3.8, 4) is 0 Å². The Morgan fingerprint density at radius 3 is 2.51 bits per heavy atom. The summed E-state index contributed by atoms with van der Waals surface area (Å²) in [5.74, 6) is -2.67. The molecular formula is C22H27F5N6O2. The number of halogens is 5. The van der Waals surface area contributed by atoms with Crippen LogP contribution in [-0.4, -0.2) is 62.0 Å². The van der Waals surface area contributed by atoms with Crippen LogP contribution in [0.5, 0.6) is 0 Å². The minimum absolute atomic E-state index is 0.209. The Hall–Kier alpha value is -2.54. The number of amides is 2. The van der Waals surface area contributed by atoms with Gasteiger partial charge in [-0.2, -0.15) is 18.3 Å². The van der Waals surface area contributed by atoms with E-state index in [0.717, 1.165) is 4.90 Å². The van der Waals surface area contributed by atoms with Crippen molar-refractivity contribution in [3.63, 3.8) is 0 Å². The zero-order valence-electron chi connectivity index (χ0n) is 19.1. The smallest absolute Gasteiger partial charge is 0.347 e. The minimum atomic E-state index is -4.53. The molecule has 1 saturated heterocycles. The summed E-state index contributed by atoms with van der Waals surface area (Å²) < 4.78 is 73.7. The van der Waals surface area contributed by atoms with Gasteiger partial charge in [-0.15, -0.1) is 0 Å². The Bertz CT molecular complexity index is 1120. The monoisotopic (exact) mass is 502 g/mol. The largest absolute Gasteiger partial charge is 0.410 e. The zero-order chi connectivity index (χ0) is 25.2. The molecule has 0 spiro atoms. The highest BCUT2D eigenvalue weighted by molar-refractivity contribution is 5.77. The van der Waals surface area contributed by atoms with Crippen molar-refractivity contribution < 1.29 is 31.5 Å². The molecule has 2 saturated carbocycles. The Labute approximate surface area is 198 Å². The van der Waals surface area contributed by atoms with Crippen molar-refractivity contribution in [1.82, 2.24) is 24.8 Å². The van der Waals surface area contributed by atoms with E-state index >= 15 is 0 Å². The highest BCUT2D eigenvalue weighted by Gasteiger charge is 2.52. The average Bonchev–Trinajstić information content (AvgIpc) is 3.24. The van der Waals surface area contributed by atoms with E-state index in [2.05, 4.69) is 10.1 Å². The molecule has 2 aliphatic carbocycles. The predicted octanol–water partition coefficient (Wildman–Crippen LogP) is 3.49. The Morgan fingerprint density at radius 1 is 1.23 bits per heavy atom. The van der Waals surface area contributed by atoms with Crippen LogP contribution in [0.25, 0.3) is 5.65 Å². The molecule has 3 fully saturated rings. The molecule has 5 rings (SSSR count). The number of urea groups is 1. The van der Waals surface area contributed by atoms with E-state index in [4.69, 9.17) is 10.5 Å². The van der Waals surface area contributed by atoms with E-state index in [9.17, 15) is 26.7 Å². The van der Waals surface area contributed by atoms with Crippen molar-refractivity contribution in [2.45, 2.75) is 87.4 Å². The van der Waals surface area contributed by atoms with E-state index < -0.39 is 48.1 Å². The second kappa shape index (κ2) is 7.99. The molecule has 2 amide bonds. The number of hydrogen-bond donors (Lipinski definition) is 2. The summed E-state index contributed by atoms with van der Waals surface area (Å²) in [5.41, 5.74) is 6.75. The maximum Gasteiger partial charge on any atom is 0.410 e. The number of alkyl halides is 5. The number of carbonyl (C=O) groups is 1. The molecule has 0 unspecified atom stereocenters. The Kier molecular flexibility index (Phi) is 5.51. The van der Waals surface area contributed by atoms with Gasteiger partial charge in [0.25, 0.3) is 0 Å². The van der Waals surface area contributed by atoms with Crippen LogP contribution in [0.2, 0.25) is 0 Å². The molecule has 192 valence electrons. The highest BCUT2D eigenvalue weighted by atomic mass is 19.4. The summed E-state index contributed by atoms with van der Waals surface area (Å²) in [6, 6.07) is -0.964. The van der Waals surface area contributed by atoms with Gasteiger partial charge < -0.3 is 15.8 Å². The van der Waals surface area contributed by atoms with Gasteiger partial charge in [0.2, 0.25) is 5.92 Å². The van der Waals surface area contributed by atoms with E-state index in [1.165, 1.54) is 0 Å². The van der Waals surface area contributed by atoms with Crippen molar-refractivity contribution >= 4 is 11.7 Å². The van der Waals surface area contributed by atoms with Crippen LogP contribution < -0.4 is 11.1 Å². The number of hydrogen-bond acceptors (Lipinski definition) is 5. The quantitative estimate of drug-likeness (QED) is 0.590. The van der Waals surface area contributed by atoms with Crippen LogP contribution in [-0.2, 0) is 16.8 Å². The van der Waals surface area contributed by atoms with Crippen molar-refractivity contribution in [1.29, 1.82) is 0 Å². The molecule has 3 aliphatic rings. The first-order valence-electron chi connectivity index (χ1n) is 11.6. The van der Waals surface area contributed by atoms with Crippen molar-refractivity contribution in [2.75, 3.05) is 6.54 Å². The van der Waals surface area contributed by atoms with E-state index in [1.54, 1.807) is 29.9 Å². The third-order valence-corrected chi connectivity index (χ3v) is 7.28. The maximum absolute atomic E-state index is 13.5. The van der Waals surface area contributed by atoms with Crippen molar-refractivity contribution in [2.24, 2.45) is 5.73 Å². The molecule has 2 aromatic rings. The topological polar surface area (TPSA) is 97.8 Å². The first-order valence-corrected chi connectivity index (χ1v) is 11.6. The maximum atomic E-state index is 13.5. The van der Waals surface area contributed by atoms with Crippen LogP contribution in [0.3, 0.4) is 0 Å². The molecular weight excluding hydrogens is 475 g/mol. The fourth-order valence-corrected chi connectivity index (χ4v) is 4.95. The number of carbonyl (C=O) groups excluding carboxylic acids is 1. The van der Waals surface area contributed by atoms with Gasteiger partial charge in [-0.05, 0) is 38.7 Å². The van der Waals surface area contributed by atoms with Gasteiger partial charge in [-0.25, -0.2) is 23.1 Å². The fourth-order valence-electron chi connectivity index (χ4n) is 4.95. The summed E-state index contributed by atoms with van der Waals surface area (Å²) in [5, 5.41) is 6.33. The molecule has 0 radical (unpaired) electrons. The SMILES string of the molecule is C[C@H](OC1(c2cnn3cc(CC4(N)CCC(F)(F)CC4)nc3c2)CC1)N1C[C@@H](C(F)(F)F)NC1=O. The number of aromatic nitrogens is 3. The summed E-state index contributed by atoms with van der Waals surface area (Å²) >= 11 is 0. The Morgan fingerprint density at radius 2 is 1.91 bits per heavy atom. The number of fused-ring (bicyclic) bond motifs is 1. The van der Waals surface area contributed by atoms with Crippen LogP contribution in [0.15, 0.2) is 18.5 Å². The lowest BCUT2D eigenvalue weighted by molar-refractivity contribution is -0.154. The predicted molar refractivity (Wildman–Crippen MR) is 114 cm³/mol. The van der Waals surface area contributed by atoms with Crippen LogP contribution in [0.1, 0.15) is 56.7 Å². The molecule has 2 aromatic heterocycles. The van der Waals surface area contributed by atoms with Crippen LogP contribution >= 0.6 is 0 Å². The summed E-state index contributed by atoms with van der Waals surface area (Å²) in [7, 11) is 0. The second-order valence-corrected chi connectivity index (χ2v) is 10.1. The molecule has 2 atom stereocenters. The molecule has 3 N–H and O–H groups in total. The van der Waals surface area contributed by atoms with Gasteiger partial charge in [-0.3, -0.25) is 4.90 Å². The van der Waals surface area contributed by atoms with Gasteiger partial charge in [-0.1, -0.05) is 0 Å². The van der Waals surface area contributed by atoms with E-state index in [-0.39, 0.29) is 25.7 Å². The van der Waals surface area contributed by atoms with Gasteiger partial charge in [0.15, 0.2) is 5.65 Å². The summed E-state index contributed by atoms with van der Waals surface area (Å²) in [4.78, 5) is 17.7. The molecule has 0 bridgehead atoms. The zero-order valence-corrected chi connectivity index (χ0v) is 19.1. The average molecular weight is 502 g/mol. The van der Waals surface area contributed by atoms with E-state index in [0.29, 0.717) is 36.2 Å². The number of nitrogens with one attached hydrogen (secondary N) is 1. The number of nitrogens with two attached hydrogens (primary N) is 1. The third kappa shape index (κ3) is 4.80. The number of imidazole rings is 1. The molecule has 0 aromatic carbocycles. The lowest BCUT2D eigenvalue weighted by Gasteiger charge is -2.36. The summed E-state index contributed by atoms with van der Waals surface area (Å²) in [6.45, 7) is 1.03. The normalized spacial score (nSPS) is 26.1. The van der Waals surface area contributed by atoms with E-state index in [1.807, 2.05) is 5.32 Å². The molecule has 3 heterocycles. The standard InChI is InChI=1S/C22H27F5N6O2/c1-13(32-12-16(22(25,26)27)31-18(32)34)35-20(4-5-20)14-8-17-30-15(11-33(17)29-10-14)9-19(28)2-6-21(23,24)7-3-19/h8,10-11,13,16H,2-7,9,12,28H2,1H3,(H,31,34)/t13-,16-/m0/s1. The molecule has 13 heteroatoms. The minimum Gasteiger partial charge on any atom is -0.347 e. The summed E-state index contributed by atoms with van der Waals surface area (Å²) in [6.07, 6.45) is -0.538. The van der Waals surface area contributed by atoms with Crippen LogP contribution in [0.4, 0.5) is 26.7 Å². The molecule has 35 heavy (non-hydrogen) atoms. The lowest BCUT2D eigenvalue weighted by atomic mass is 9.78. The first-order chi connectivity index (χ1) is 16.3. The Balaban J connectivity index is 1.28. The lowest BCUT2D eigenvalue weighted by Crippen LogP contribution is -2.47. The number of ether oxygens (including phenoxy) is 1. The highest BCUT2D eigenvalue weighted by Crippen LogP contribution is 2.50. The van der Waals surface area contributed by atoms with Crippen LogP contribution in [0, 0.1) is 0 Å².